The molecule has 0 bridgehead atoms. The lowest BCUT2D eigenvalue weighted by Crippen LogP contribution is -2.29. The molecule has 1 rings (SSSR count). The second-order valence-corrected chi connectivity index (χ2v) is 2.79. The topological polar surface area (TPSA) is 81.8 Å². The molecule has 1 aromatic rings. The molecular weight excluding hydrogens is 214 g/mol. The number of pyridine rings is 1. The maximum Gasteiger partial charge on any atom is 0.477 e. The number of H-pyrrole nitrogens is 1. The number of nitrogens with zero attached hydrogens (tertiary/aromatic N) is 1. The van der Waals surface area contributed by atoms with E-state index < -0.39 is 0 Å². The number of rotatable bonds is 6. The van der Waals surface area contributed by atoms with Gasteiger partial charge in [-0.25, -0.2) is 4.98 Å². The first-order valence-corrected chi connectivity index (χ1v) is 4.62. The van der Waals surface area contributed by atoms with Gasteiger partial charge in [0.25, 0.3) is 5.91 Å². The van der Waals surface area contributed by atoms with Crippen molar-refractivity contribution < 1.29 is 24.5 Å². The lowest BCUT2D eigenvalue weighted by molar-refractivity contribution is -0.976. The molecule has 86 valence electrons. The number of hydrogen-bond donors (Lipinski definition) is 1. The highest BCUT2D eigenvalue weighted by atomic mass is 17.0. The fourth-order valence-electron chi connectivity index (χ4n) is 0.974. The van der Waals surface area contributed by atoms with Crippen LogP contribution >= 0.6 is 0 Å². The molecule has 7 nitrogen and oxygen atoms in total. The van der Waals surface area contributed by atoms with Crippen LogP contribution in [0, 0.1) is 4.91 Å². The Bertz CT molecular complexity index is 355. The van der Waals surface area contributed by atoms with E-state index in [0.717, 1.165) is 0 Å². The first-order chi connectivity index (χ1) is 7.74. The highest BCUT2D eigenvalue weighted by molar-refractivity contribution is 5.93. The van der Waals surface area contributed by atoms with Gasteiger partial charge in [0.1, 0.15) is 10.5 Å². The lowest BCUT2D eigenvalue weighted by atomic mass is 10.3. The average molecular weight is 227 g/mol. The minimum atomic E-state index is -0.240. The van der Waals surface area contributed by atoms with Gasteiger partial charge in [-0.15, -0.1) is 0 Å². The summed E-state index contributed by atoms with van der Waals surface area (Å²) in [6, 6.07) is 3.39. The summed E-state index contributed by atoms with van der Waals surface area (Å²) in [6.45, 7) is 0.259. The van der Waals surface area contributed by atoms with Crippen molar-refractivity contribution in [3.63, 3.8) is 0 Å². The zero-order chi connectivity index (χ0) is 11.8. The van der Waals surface area contributed by atoms with Crippen molar-refractivity contribution in [1.82, 2.24) is 5.32 Å². The number of amides is 1. The number of aromatic amines is 1. The van der Waals surface area contributed by atoms with Crippen LogP contribution in [0.3, 0.4) is 0 Å². The van der Waals surface area contributed by atoms with E-state index in [0.29, 0.717) is 5.56 Å². The van der Waals surface area contributed by atoms with Crippen LogP contribution in [0.2, 0.25) is 0 Å². The van der Waals surface area contributed by atoms with E-state index in [1.807, 2.05) is 0 Å². The third-order valence-corrected chi connectivity index (χ3v) is 1.70. The van der Waals surface area contributed by atoms with E-state index in [1.54, 1.807) is 24.5 Å². The predicted octanol–water partition coefficient (Wildman–Crippen LogP) is -0.498. The predicted molar refractivity (Wildman–Crippen MR) is 51.9 cm³/mol. The highest BCUT2D eigenvalue weighted by Crippen LogP contribution is 1.91. The molecule has 1 aromatic heterocycles. The Morgan fingerprint density at radius 3 is 3.06 bits per heavy atom. The standard InChI is InChI=1S/C9H11N3O4/c1-15-12(14)16-6-5-11-9(13)8-3-2-4-10-7-8/h2-4,7H,5-6H2,1H3/p+2. The molecule has 0 aromatic carbocycles. The van der Waals surface area contributed by atoms with Crippen LogP contribution in [0.25, 0.3) is 0 Å². The maximum atomic E-state index is 11.4. The Hall–Kier alpha value is -2.18. The third-order valence-electron chi connectivity index (χ3n) is 1.70. The van der Waals surface area contributed by atoms with E-state index >= 15 is 0 Å². The quantitative estimate of drug-likeness (QED) is 0.524. The van der Waals surface area contributed by atoms with Crippen molar-refractivity contribution >= 4 is 5.91 Å². The molecule has 7 heteroatoms. The summed E-state index contributed by atoms with van der Waals surface area (Å²) in [4.78, 5) is 33.4. The maximum absolute atomic E-state index is 11.4. The summed E-state index contributed by atoms with van der Waals surface area (Å²) in [6.07, 6.45) is 3.28. The van der Waals surface area contributed by atoms with Crippen LogP contribution in [0.1, 0.15) is 10.4 Å². The molecule has 1 heterocycles. The van der Waals surface area contributed by atoms with Crippen LogP contribution in [0.4, 0.5) is 0 Å². The molecule has 0 saturated carbocycles. The second-order valence-electron chi connectivity index (χ2n) is 2.79. The molecule has 0 aliphatic carbocycles. The second kappa shape index (κ2) is 6.33. The van der Waals surface area contributed by atoms with Gasteiger partial charge in [-0.3, -0.25) is 4.79 Å². The molecule has 0 spiro atoms. The smallest absolute Gasteiger partial charge is 0.348 e. The number of aromatic nitrogens is 1. The summed E-state index contributed by atoms with van der Waals surface area (Å²) < 4.78 is 0. The number of hydrogen-bond acceptors (Lipinski definition) is 4. The molecule has 0 radical (unpaired) electrons. The lowest BCUT2D eigenvalue weighted by Gasteiger charge is -1.99. The molecule has 2 N–H and O–H groups in total. The summed E-state index contributed by atoms with van der Waals surface area (Å²) in [5.41, 5.74) is 0.508. The fourth-order valence-corrected chi connectivity index (χ4v) is 0.974. The van der Waals surface area contributed by atoms with Gasteiger partial charge in [0.2, 0.25) is 0 Å². The van der Waals surface area contributed by atoms with Gasteiger partial charge < -0.3 is 5.32 Å². The van der Waals surface area contributed by atoms with Gasteiger partial charge in [0.05, 0.1) is 6.54 Å². The SMILES string of the molecule is CO[N+](=O)OCCNC(=O)c1ccc[nH+]c1. The van der Waals surface area contributed by atoms with Gasteiger partial charge in [-0.05, 0) is 6.07 Å². The molecule has 0 saturated heterocycles. The van der Waals surface area contributed by atoms with Crippen LogP contribution in [0.5, 0.6) is 0 Å². The number of carbonyl (C=O) groups excluding carboxylic acids is 1. The first kappa shape index (κ1) is 11.9. The minimum absolute atomic E-state index is 0.0253. The zero-order valence-corrected chi connectivity index (χ0v) is 8.80. The molecule has 0 atom stereocenters. The molecule has 1 amide bonds. The summed E-state index contributed by atoms with van der Waals surface area (Å²) in [5, 5.41) is 2.55. The Balaban J connectivity index is 2.24. The van der Waals surface area contributed by atoms with Crippen LogP contribution < -0.4 is 10.3 Å². The fraction of sp³-hybridized carbons (Fsp3) is 0.333. The Kier molecular flexibility index (Phi) is 4.71. The molecule has 16 heavy (non-hydrogen) atoms. The Labute approximate surface area is 91.9 Å². The van der Waals surface area contributed by atoms with Gasteiger partial charge >= 0.3 is 5.09 Å². The van der Waals surface area contributed by atoms with Gasteiger partial charge in [0.15, 0.2) is 26.1 Å². The van der Waals surface area contributed by atoms with Gasteiger partial charge in [0, 0.05) is 6.07 Å². The third kappa shape index (κ3) is 3.91. The summed E-state index contributed by atoms with van der Waals surface area (Å²) >= 11 is 0. The summed E-state index contributed by atoms with van der Waals surface area (Å²) in [5.74, 6) is -0.240. The number of carbonyl (C=O) groups is 1. The first-order valence-electron chi connectivity index (χ1n) is 4.62. The Morgan fingerprint density at radius 1 is 1.62 bits per heavy atom. The van der Waals surface area contributed by atoms with Crippen molar-refractivity contribution in [3.05, 3.63) is 35.0 Å². The average Bonchev–Trinajstić information content (AvgIpc) is 2.35. The monoisotopic (exact) mass is 227 g/mol. The van der Waals surface area contributed by atoms with Crippen molar-refractivity contribution in [2.45, 2.75) is 0 Å². The largest absolute Gasteiger partial charge is 0.477 e. The van der Waals surface area contributed by atoms with Crippen molar-refractivity contribution in [2.75, 3.05) is 20.3 Å². The normalized spacial score (nSPS) is 9.31. The van der Waals surface area contributed by atoms with Gasteiger partial charge in [-0.2, -0.15) is 9.68 Å². The molecule has 0 fully saturated rings. The molecule has 0 unspecified atom stereocenters. The van der Waals surface area contributed by atoms with Crippen molar-refractivity contribution in [3.8, 4) is 0 Å². The molecule has 0 aliphatic rings. The van der Waals surface area contributed by atoms with Gasteiger partial charge in [-0.1, -0.05) is 0 Å². The number of nitrogens with one attached hydrogen (secondary N) is 2. The van der Waals surface area contributed by atoms with Crippen LogP contribution in [-0.2, 0) is 9.68 Å². The molecule has 0 aliphatic heterocycles. The van der Waals surface area contributed by atoms with E-state index in [-0.39, 0.29) is 24.1 Å². The minimum Gasteiger partial charge on any atom is -0.348 e. The van der Waals surface area contributed by atoms with E-state index in [4.69, 9.17) is 0 Å². The summed E-state index contributed by atoms with van der Waals surface area (Å²) in [7, 11) is 1.19. The molecular formula is C9H13N3O4+2. The Morgan fingerprint density at radius 2 is 2.44 bits per heavy atom. The zero-order valence-electron chi connectivity index (χ0n) is 8.80. The van der Waals surface area contributed by atoms with Crippen LogP contribution in [-0.4, -0.2) is 31.3 Å². The highest BCUT2D eigenvalue weighted by Gasteiger charge is 2.10. The van der Waals surface area contributed by atoms with E-state index in [2.05, 4.69) is 20.0 Å². The van der Waals surface area contributed by atoms with E-state index in [1.165, 1.54) is 7.11 Å². The van der Waals surface area contributed by atoms with Crippen molar-refractivity contribution in [1.29, 1.82) is 0 Å². The van der Waals surface area contributed by atoms with Crippen LogP contribution in [0.15, 0.2) is 24.5 Å². The van der Waals surface area contributed by atoms with Crippen molar-refractivity contribution in [2.24, 2.45) is 0 Å². The van der Waals surface area contributed by atoms with E-state index in [9.17, 15) is 9.70 Å².